The van der Waals surface area contributed by atoms with Crippen LogP contribution in [0.15, 0.2) is 18.2 Å². The normalized spacial score (nSPS) is 33.4. The summed E-state index contributed by atoms with van der Waals surface area (Å²) in [7, 11) is 1.75. The number of hydrogen-bond acceptors (Lipinski definition) is 1. The zero-order valence-electron chi connectivity index (χ0n) is 15.0. The monoisotopic (exact) mass is 354 g/mol. The number of methoxy groups -OCH3 is 1. The van der Waals surface area contributed by atoms with E-state index in [1.165, 1.54) is 37.8 Å². The third-order valence-electron chi connectivity index (χ3n) is 6.47. The topological polar surface area (TPSA) is 9.23 Å². The predicted molar refractivity (Wildman–Crippen MR) is 93.3 cm³/mol. The fourth-order valence-electron chi connectivity index (χ4n) is 4.93. The van der Waals surface area contributed by atoms with Crippen molar-refractivity contribution in [2.45, 2.75) is 63.5 Å². The van der Waals surface area contributed by atoms with Crippen molar-refractivity contribution in [2.24, 2.45) is 17.8 Å². The second kappa shape index (κ2) is 8.57. The number of ether oxygens (including phenoxy) is 1. The molecule has 0 spiro atoms. The van der Waals surface area contributed by atoms with Gasteiger partial charge in [0.2, 0.25) is 0 Å². The first-order valence-electron chi connectivity index (χ1n) is 9.66. The molecule has 0 saturated heterocycles. The lowest BCUT2D eigenvalue weighted by molar-refractivity contribution is 0.0943. The molecule has 2 saturated carbocycles. The lowest BCUT2D eigenvalue weighted by Crippen LogP contribution is -2.31. The van der Waals surface area contributed by atoms with Gasteiger partial charge >= 0.3 is 0 Å². The van der Waals surface area contributed by atoms with Crippen LogP contribution >= 0.6 is 0 Å². The Morgan fingerprint density at radius 1 is 0.960 bits per heavy atom. The average molecular weight is 354 g/mol. The first-order valence-corrected chi connectivity index (χ1v) is 9.66. The SMILES string of the molecule is COCCC1CCC(C2CCC(c3ccc(F)c(F)c3)C(F)C2)CC1. The number of benzene rings is 1. The van der Waals surface area contributed by atoms with Crippen LogP contribution in [-0.4, -0.2) is 19.9 Å². The van der Waals surface area contributed by atoms with Gasteiger partial charge in [-0.1, -0.05) is 18.9 Å². The van der Waals surface area contributed by atoms with Crippen LogP contribution in [0.25, 0.3) is 0 Å². The van der Waals surface area contributed by atoms with Crippen molar-refractivity contribution in [2.75, 3.05) is 13.7 Å². The van der Waals surface area contributed by atoms with Crippen LogP contribution in [0.4, 0.5) is 13.2 Å². The Morgan fingerprint density at radius 2 is 1.68 bits per heavy atom. The fraction of sp³-hybridized carbons (Fsp3) is 0.714. The highest BCUT2D eigenvalue weighted by Crippen LogP contribution is 2.45. The summed E-state index contributed by atoms with van der Waals surface area (Å²) in [6, 6.07) is 3.83. The maximum Gasteiger partial charge on any atom is 0.159 e. The molecule has 1 aromatic carbocycles. The molecule has 4 heteroatoms. The Bertz CT molecular complexity index is 554. The Labute approximate surface area is 149 Å². The molecule has 0 amide bonds. The molecular weight excluding hydrogens is 325 g/mol. The summed E-state index contributed by atoms with van der Waals surface area (Å²) in [5.41, 5.74) is 0.605. The Hall–Kier alpha value is -1.03. The van der Waals surface area contributed by atoms with Gasteiger partial charge in [0, 0.05) is 19.6 Å². The van der Waals surface area contributed by atoms with Gasteiger partial charge < -0.3 is 4.74 Å². The van der Waals surface area contributed by atoms with Crippen LogP contribution in [0.5, 0.6) is 0 Å². The van der Waals surface area contributed by atoms with E-state index in [4.69, 9.17) is 4.74 Å². The minimum absolute atomic E-state index is 0.288. The smallest absolute Gasteiger partial charge is 0.159 e. The number of halogens is 3. The van der Waals surface area contributed by atoms with E-state index >= 15 is 0 Å². The molecule has 3 rings (SSSR count). The highest BCUT2D eigenvalue weighted by molar-refractivity contribution is 5.23. The summed E-state index contributed by atoms with van der Waals surface area (Å²) in [6.07, 6.45) is 7.34. The quantitative estimate of drug-likeness (QED) is 0.627. The summed E-state index contributed by atoms with van der Waals surface area (Å²) in [6.45, 7) is 0.835. The van der Waals surface area contributed by atoms with Crippen molar-refractivity contribution in [3.05, 3.63) is 35.4 Å². The molecule has 2 aliphatic rings. The summed E-state index contributed by atoms with van der Waals surface area (Å²) in [4.78, 5) is 0. The van der Waals surface area contributed by atoms with Crippen molar-refractivity contribution >= 4 is 0 Å². The van der Waals surface area contributed by atoms with Crippen molar-refractivity contribution in [3.63, 3.8) is 0 Å². The number of rotatable bonds is 5. The van der Waals surface area contributed by atoms with Gasteiger partial charge in [-0.15, -0.1) is 0 Å². The molecule has 3 unspecified atom stereocenters. The third kappa shape index (κ3) is 4.58. The molecule has 0 bridgehead atoms. The lowest BCUT2D eigenvalue weighted by atomic mass is 9.67. The minimum Gasteiger partial charge on any atom is -0.385 e. The van der Waals surface area contributed by atoms with Gasteiger partial charge in [-0.25, -0.2) is 13.2 Å². The molecule has 0 aromatic heterocycles. The first-order chi connectivity index (χ1) is 12.1. The summed E-state index contributed by atoms with van der Waals surface area (Å²) >= 11 is 0. The van der Waals surface area contributed by atoms with E-state index in [1.807, 2.05) is 0 Å². The van der Waals surface area contributed by atoms with Crippen LogP contribution < -0.4 is 0 Å². The van der Waals surface area contributed by atoms with Crippen molar-refractivity contribution in [3.8, 4) is 0 Å². The second-order valence-electron chi connectivity index (χ2n) is 7.93. The standard InChI is InChI=1S/C21H29F3O/c1-25-11-10-14-2-4-15(5-3-14)16-6-8-18(20(23)12-16)17-7-9-19(22)21(24)13-17/h7,9,13-16,18,20H,2-6,8,10-12H2,1H3. The molecule has 2 fully saturated rings. The zero-order valence-corrected chi connectivity index (χ0v) is 15.0. The van der Waals surface area contributed by atoms with Crippen molar-refractivity contribution < 1.29 is 17.9 Å². The average Bonchev–Trinajstić information content (AvgIpc) is 2.63. The fourth-order valence-corrected chi connectivity index (χ4v) is 4.93. The highest BCUT2D eigenvalue weighted by Gasteiger charge is 2.36. The van der Waals surface area contributed by atoms with Crippen LogP contribution in [0.1, 0.15) is 62.8 Å². The highest BCUT2D eigenvalue weighted by atomic mass is 19.2. The van der Waals surface area contributed by atoms with Gasteiger partial charge in [-0.05, 0) is 74.0 Å². The van der Waals surface area contributed by atoms with Gasteiger partial charge in [0.25, 0.3) is 0 Å². The predicted octanol–water partition coefficient (Wildman–Crippen LogP) is 6.03. The van der Waals surface area contributed by atoms with E-state index in [-0.39, 0.29) is 5.92 Å². The van der Waals surface area contributed by atoms with E-state index in [0.29, 0.717) is 23.8 Å². The minimum atomic E-state index is -0.949. The Morgan fingerprint density at radius 3 is 2.32 bits per heavy atom. The molecule has 1 aromatic rings. The number of hydrogen-bond donors (Lipinski definition) is 0. The third-order valence-corrected chi connectivity index (χ3v) is 6.47. The van der Waals surface area contributed by atoms with Crippen LogP contribution in [0.2, 0.25) is 0 Å². The summed E-state index contributed by atoms with van der Waals surface area (Å²) in [5, 5.41) is 0. The van der Waals surface area contributed by atoms with Gasteiger partial charge in [-0.3, -0.25) is 0 Å². The second-order valence-corrected chi connectivity index (χ2v) is 7.93. The van der Waals surface area contributed by atoms with Crippen molar-refractivity contribution in [1.29, 1.82) is 0 Å². The van der Waals surface area contributed by atoms with Crippen molar-refractivity contribution in [1.82, 2.24) is 0 Å². The Kier molecular flexibility index (Phi) is 6.43. The molecule has 3 atom stereocenters. The van der Waals surface area contributed by atoms with E-state index in [0.717, 1.165) is 37.9 Å². The Balaban J connectivity index is 1.53. The molecule has 140 valence electrons. The molecule has 0 N–H and O–H groups in total. The molecule has 0 radical (unpaired) electrons. The van der Waals surface area contributed by atoms with E-state index in [9.17, 15) is 13.2 Å². The van der Waals surface area contributed by atoms with Gasteiger partial charge in [0.15, 0.2) is 11.6 Å². The van der Waals surface area contributed by atoms with Gasteiger partial charge in [0.1, 0.15) is 6.17 Å². The summed E-state index contributed by atoms with van der Waals surface area (Å²) < 4.78 is 46.5. The lowest BCUT2D eigenvalue weighted by Gasteiger charge is -2.39. The maximum atomic E-state index is 14.8. The van der Waals surface area contributed by atoms with Gasteiger partial charge in [0.05, 0.1) is 0 Å². The van der Waals surface area contributed by atoms with E-state index in [1.54, 1.807) is 7.11 Å². The molecule has 2 aliphatic carbocycles. The molecule has 1 nitrogen and oxygen atoms in total. The van der Waals surface area contributed by atoms with E-state index in [2.05, 4.69) is 0 Å². The molecule has 0 heterocycles. The van der Waals surface area contributed by atoms with Crippen LogP contribution in [-0.2, 0) is 4.74 Å². The van der Waals surface area contributed by atoms with Gasteiger partial charge in [-0.2, -0.15) is 0 Å². The van der Waals surface area contributed by atoms with Crippen LogP contribution in [0.3, 0.4) is 0 Å². The first kappa shape index (κ1) is 18.8. The van der Waals surface area contributed by atoms with Crippen LogP contribution in [0, 0.1) is 29.4 Å². The molecule has 25 heavy (non-hydrogen) atoms. The largest absolute Gasteiger partial charge is 0.385 e. The summed E-state index contributed by atoms with van der Waals surface area (Å²) in [5.74, 6) is -0.192. The maximum absolute atomic E-state index is 14.8. The molecular formula is C21H29F3O. The molecule has 0 aliphatic heterocycles. The zero-order chi connectivity index (χ0) is 17.8. The van der Waals surface area contributed by atoms with E-state index < -0.39 is 17.8 Å². The number of alkyl halides is 1.